The van der Waals surface area contributed by atoms with E-state index in [0.717, 1.165) is 44.9 Å². The van der Waals surface area contributed by atoms with Gasteiger partial charge in [-0.1, -0.05) is 18.2 Å². The molecule has 1 aromatic carbocycles. The molecule has 1 heterocycles. The smallest absolute Gasteiger partial charge is 0.0460 e. The maximum atomic E-state index is 9.21. The lowest BCUT2D eigenvalue weighted by Crippen LogP contribution is -2.34. The van der Waals surface area contributed by atoms with Crippen LogP contribution in [-0.2, 0) is 6.54 Å². The van der Waals surface area contributed by atoms with E-state index >= 15 is 0 Å². The Balaban J connectivity index is 1.56. The highest BCUT2D eigenvalue weighted by molar-refractivity contribution is 5.51. The number of piperidine rings is 1. The molecule has 1 aromatic rings. The topological polar surface area (TPSA) is 35.5 Å². The van der Waals surface area contributed by atoms with Gasteiger partial charge in [-0.2, -0.15) is 0 Å². The minimum Gasteiger partial charge on any atom is -0.396 e. The average molecular weight is 274 g/mol. The van der Waals surface area contributed by atoms with Gasteiger partial charge in [-0.15, -0.1) is 0 Å². The minimum atomic E-state index is 0.355. The van der Waals surface area contributed by atoms with E-state index in [-0.39, 0.29) is 0 Å². The van der Waals surface area contributed by atoms with E-state index < -0.39 is 0 Å². The van der Waals surface area contributed by atoms with Crippen molar-refractivity contribution in [3.8, 4) is 0 Å². The molecule has 0 unspecified atom stereocenters. The van der Waals surface area contributed by atoms with E-state index in [4.69, 9.17) is 0 Å². The number of benzene rings is 1. The molecule has 2 fully saturated rings. The maximum Gasteiger partial charge on any atom is 0.0460 e. The zero-order valence-corrected chi connectivity index (χ0v) is 12.2. The van der Waals surface area contributed by atoms with Crippen LogP contribution in [0, 0.1) is 11.8 Å². The number of para-hydroxylation sites is 1. The van der Waals surface area contributed by atoms with Crippen molar-refractivity contribution in [2.45, 2.75) is 32.2 Å². The molecule has 0 aromatic heterocycles. The zero-order chi connectivity index (χ0) is 13.8. The van der Waals surface area contributed by atoms with E-state index in [2.05, 4.69) is 34.5 Å². The zero-order valence-electron chi connectivity index (χ0n) is 12.2. The predicted octanol–water partition coefficient (Wildman–Crippen LogP) is 2.71. The molecule has 0 amide bonds. The third-order valence-electron chi connectivity index (χ3n) is 4.65. The number of rotatable bonds is 6. The van der Waals surface area contributed by atoms with E-state index in [1.807, 2.05) is 0 Å². The van der Waals surface area contributed by atoms with Crippen molar-refractivity contribution in [2.75, 3.05) is 31.6 Å². The molecule has 3 heteroatoms. The lowest BCUT2D eigenvalue weighted by atomic mass is 9.97. The van der Waals surface area contributed by atoms with Crippen molar-refractivity contribution < 1.29 is 5.11 Å². The summed E-state index contributed by atoms with van der Waals surface area (Å²) in [4.78, 5) is 2.52. The van der Waals surface area contributed by atoms with Crippen LogP contribution >= 0.6 is 0 Å². The Morgan fingerprint density at radius 1 is 1.05 bits per heavy atom. The Morgan fingerprint density at radius 2 is 1.80 bits per heavy atom. The summed E-state index contributed by atoms with van der Waals surface area (Å²) < 4.78 is 0. The minimum absolute atomic E-state index is 0.355. The summed E-state index contributed by atoms with van der Waals surface area (Å²) in [5.41, 5.74) is 2.72. The number of nitrogens with zero attached hydrogens (tertiary/aromatic N) is 1. The van der Waals surface area contributed by atoms with Crippen molar-refractivity contribution in [2.24, 2.45) is 11.8 Å². The summed E-state index contributed by atoms with van der Waals surface area (Å²) in [5.74, 6) is 1.43. The van der Waals surface area contributed by atoms with Gasteiger partial charge < -0.3 is 10.4 Å². The molecule has 0 spiro atoms. The third-order valence-corrected chi connectivity index (χ3v) is 4.65. The monoisotopic (exact) mass is 274 g/mol. The first-order valence-electron chi connectivity index (χ1n) is 8.00. The Kier molecular flexibility index (Phi) is 4.58. The molecule has 1 saturated heterocycles. The molecule has 3 rings (SSSR count). The highest BCUT2D eigenvalue weighted by Crippen LogP contribution is 2.30. The molecule has 1 aliphatic carbocycles. The van der Waals surface area contributed by atoms with Crippen LogP contribution in [0.2, 0.25) is 0 Å². The van der Waals surface area contributed by atoms with Gasteiger partial charge in [0.05, 0.1) is 0 Å². The molecule has 3 nitrogen and oxygen atoms in total. The van der Waals surface area contributed by atoms with Gasteiger partial charge in [0.2, 0.25) is 0 Å². The van der Waals surface area contributed by atoms with Crippen LogP contribution in [0.3, 0.4) is 0 Å². The fourth-order valence-electron chi connectivity index (χ4n) is 2.97. The molecule has 110 valence electrons. The molecule has 0 bridgehead atoms. The van der Waals surface area contributed by atoms with E-state index in [9.17, 15) is 5.11 Å². The van der Waals surface area contributed by atoms with Gasteiger partial charge in [-0.3, -0.25) is 4.90 Å². The number of likely N-dealkylation sites (tertiary alicyclic amines) is 1. The summed E-state index contributed by atoms with van der Waals surface area (Å²) in [6, 6.07) is 8.71. The fraction of sp³-hybridized carbons (Fsp3) is 0.647. The fourth-order valence-corrected chi connectivity index (χ4v) is 2.97. The van der Waals surface area contributed by atoms with Gasteiger partial charge >= 0.3 is 0 Å². The van der Waals surface area contributed by atoms with Crippen molar-refractivity contribution in [1.82, 2.24) is 4.90 Å². The standard InChI is InChI=1S/C17H26N2O/c20-13-15-7-9-19(10-8-15)12-16-3-1-2-4-17(16)18-11-14-5-6-14/h1-4,14-15,18,20H,5-13H2. The number of hydrogen-bond acceptors (Lipinski definition) is 3. The highest BCUT2D eigenvalue weighted by atomic mass is 16.3. The lowest BCUT2D eigenvalue weighted by Gasteiger charge is -2.31. The van der Waals surface area contributed by atoms with Gasteiger partial charge in [0.1, 0.15) is 0 Å². The predicted molar refractivity (Wildman–Crippen MR) is 82.7 cm³/mol. The molecule has 2 N–H and O–H groups in total. The Bertz CT molecular complexity index is 423. The number of anilines is 1. The van der Waals surface area contributed by atoms with Crippen LogP contribution in [0.15, 0.2) is 24.3 Å². The summed E-state index contributed by atoms with van der Waals surface area (Å²) in [5, 5.41) is 12.8. The lowest BCUT2D eigenvalue weighted by molar-refractivity contribution is 0.127. The number of aliphatic hydroxyl groups is 1. The molecule has 1 saturated carbocycles. The van der Waals surface area contributed by atoms with Crippen molar-refractivity contribution in [3.63, 3.8) is 0 Å². The quantitative estimate of drug-likeness (QED) is 0.837. The van der Waals surface area contributed by atoms with Gasteiger partial charge in [0.25, 0.3) is 0 Å². The van der Waals surface area contributed by atoms with Crippen LogP contribution in [0.25, 0.3) is 0 Å². The second-order valence-electron chi connectivity index (χ2n) is 6.38. The maximum absolute atomic E-state index is 9.21. The van der Waals surface area contributed by atoms with Gasteiger partial charge in [0, 0.05) is 25.4 Å². The Morgan fingerprint density at radius 3 is 2.50 bits per heavy atom. The van der Waals surface area contributed by atoms with Crippen molar-refractivity contribution >= 4 is 5.69 Å². The molecular formula is C17H26N2O. The van der Waals surface area contributed by atoms with Gasteiger partial charge in [-0.25, -0.2) is 0 Å². The second-order valence-corrected chi connectivity index (χ2v) is 6.38. The van der Waals surface area contributed by atoms with Crippen LogP contribution in [0.5, 0.6) is 0 Å². The van der Waals surface area contributed by atoms with E-state index in [1.54, 1.807) is 0 Å². The molecule has 0 radical (unpaired) electrons. The van der Waals surface area contributed by atoms with E-state index in [1.165, 1.54) is 24.1 Å². The first kappa shape index (κ1) is 13.9. The summed E-state index contributed by atoms with van der Waals surface area (Å²) in [7, 11) is 0. The first-order chi connectivity index (χ1) is 9.85. The first-order valence-corrected chi connectivity index (χ1v) is 8.00. The van der Waals surface area contributed by atoms with Crippen LogP contribution in [0.1, 0.15) is 31.2 Å². The summed E-state index contributed by atoms with van der Waals surface area (Å²) in [6.45, 7) is 4.74. The SMILES string of the molecule is OCC1CCN(Cc2ccccc2NCC2CC2)CC1. The number of hydrogen-bond donors (Lipinski definition) is 2. The van der Waals surface area contributed by atoms with E-state index in [0.29, 0.717) is 12.5 Å². The molecule has 20 heavy (non-hydrogen) atoms. The largest absolute Gasteiger partial charge is 0.396 e. The van der Waals surface area contributed by atoms with Gasteiger partial charge in [-0.05, 0) is 62.2 Å². The third kappa shape index (κ3) is 3.74. The Hall–Kier alpha value is -1.06. The molecule has 2 aliphatic rings. The van der Waals surface area contributed by atoms with Crippen LogP contribution in [0.4, 0.5) is 5.69 Å². The average Bonchev–Trinajstić information content (AvgIpc) is 3.31. The molecule has 1 aliphatic heterocycles. The molecule has 0 atom stereocenters. The van der Waals surface area contributed by atoms with Crippen LogP contribution < -0.4 is 5.32 Å². The van der Waals surface area contributed by atoms with Crippen molar-refractivity contribution in [3.05, 3.63) is 29.8 Å². The molecular weight excluding hydrogens is 248 g/mol. The summed E-state index contributed by atoms with van der Waals surface area (Å²) in [6.07, 6.45) is 5.05. The Labute approximate surface area is 122 Å². The normalized spacial score (nSPS) is 21.1. The van der Waals surface area contributed by atoms with Crippen molar-refractivity contribution in [1.29, 1.82) is 0 Å². The highest BCUT2D eigenvalue weighted by Gasteiger charge is 2.22. The van der Waals surface area contributed by atoms with Crippen LogP contribution in [-0.4, -0.2) is 36.2 Å². The number of aliphatic hydroxyl groups excluding tert-OH is 1. The van der Waals surface area contributed by atoms with Gasteiger partial charge in [0.15, 0.2) is 0 Å². The second kappa shape index (κ2) is 6.59. The number of nitrogens with one attached hydrogen (secondary N) is 1. The summed E-state index contributed by atoms with van der Waals surface area (Å²) >= 11 is 0.